The van der Waals surface area contributed by atoms with E-state index >= 15 is 0 Å². The van der Waals surface area contributed by atoms with E-state index in [9.17, 15) is 9.59 Å². The average molecular weight is 386 g/mol. The van der Waals surface area contributed by atoms with Crippen LogP contribution in [0.1, 0.15) is 32.2 Å². The van der Waals surface area contributed by atoms with Gasteiger partial charge in [0.1, 0.15) is 5.01 Å². The maximum atomic E-state index is 12.4. The first-order chi connectivity index (χ1) is 12.5. The highest BCUT2D eigenvalue weighted by Crippen LogP contribution is 2.28. The number of ether oxygens (including phenoxy) is 1. The molecule has 0 fully saturated rings. The predicted molar refractivity (Wildman–Crippen MR) is 104 cm³/mol. The number of thiophene rings is 1. The predicted octanol–water partition coefficient (Wildman–Crippen LogP) is 4.52. The van der Waals surface area contributed by atoms with E-state index in [0.717, 1.165) is 21.3 Å². The van der Waals surface area contributed by atoms with E-state index < -0.39 is 5.97 Å². The Morgan fingerprint density at radius 2 is 2.15 bits per heavy atom. The Kier molecular flexibility index (Phi) is 5.49. The fourth-order valence-electron chi connectivity index (χ4n) is 2.66. The van der Waals surface area contributed by atoms with Gasteiger partial charge >= 0.3 is 5.97 Å². The Morgan fingerprint density at radius 3 is 2.85 bits per heavy atom. The minimum absolute atomic E-state index is 0.225. The Bertz CT molecular complexity index is 952. The minimum atomic E-state index is -0.586. The second-order valence-electron chi connectivity index (χ2n) is 5.70. The molecule has 0 radical (unpaired) electrons. The first kappa shape index (κ1) is 18.3. The maximum absolute atomic E-state index is 12.4. The van der Waals surface area contributed by atoms with Crippen LogP contribution in [0.15, 0.2) is 41.6 Å². The molecular weight excluding hydrogens is 368 g/mol. The van der Waals surface area contributed by atoms with Gasteiger partial charge in [0.15, 0.2) is 12.3 Å². The van der Waals surface area contributed by atoms with Crippen molar-refractivity contribution in [1.29, 1.82) is 0 Å². The summed E-state index contributed by atoms with van der Waals surface area (Å²) in [6.07, 6.45) is 1.78. The molecule has 0 amide bonds. The monoisotopic (exact) mass is 386 g/mol. The van der Waals surface area contributed by atoms with Gasteiger partial charge < -0.3 is 9.30 Å². The van der Waals surface area contributed by atoms with E-state index in [1.165, 1.54) is 11.3 Å². The molecular formula is C19H18N2O3S2. The van der Waals surface area contributed by atoms with E-state index in [4.69, 9.17) is 4.74 Å². The smallest absolute Gasteiger partial charge is 0.358 e. The molecule has 0 aliphatic rings. The number of hydrogen-bond acceptors (Lipinski definition) is 6. The summed E-state index contributed by atoms with van der Waals surface area (Å²) >= 11 is 2.94. The average Bonchev–Trinajstić information content (AvgIpc) is 3.35. The van der Waals surface area contributed by atoms with Gasteiger partial charge in [-0.25, -0.2) is 9.78 Å². The van der Waals surface area contributed by atoms with Crippen molar-refractivity contribution in [3.63, 3.8) is 0 Å². The molecule has 3 rings (SSSR count). The van der Waals surface area contributed by atoms with Crippen LogP contribution < -0.4 is 0 Å². The molecule has 0 saturated heterocycles. The second-order valence-corrected chi connectivity index (χ2v) is 7.50. The summed E-state index contributed by atoms with van der Waals surface area (Å²) in [5, 5.41) is 4.37. The molecule has 3 aromatic rings. The maximum Gasteiger partial charge on any atom is 0.358 e. The molecule has 26 heavy (non-hydrogen) atoms. The van der Waals surface area contributed by atoms with Crippen LogP contribution in [0.4, 0.5) is 0 Å². The van der Waals surface area contributed by atoms with Crippen LogP contribution in [0.25, 0.3) is 9.88 Å². The van der Waals surface area contributed by atoms with Crippen molar-refractivity contribution in [2.75, 3.05) is 6.61 Å². The number of aromatic nitrogens is 2. The Hall–Kier alpha value is -2.51. The summed E-state index contributed by atoms with van der Waals surface area (Å²) in [7, 11) is 0. The third kappa shape index (κ3) is 3.68. The van der Waals surface area contributed by atoms with Crippen LogP contribution in [-0.4, -0.2) is 27.9 Å². The van der Waals surface area contributed by atoms with Gasteiger partial charge in [0.05, 0.1) is 4.88 Å². The lowest BCUT2D eigenvalue weighted by molar-refractivity contribution is 0.0469. The largest absolute Gasteiger partial charge is 0.453 e. The molecule has 0 saturated carbocycles. The summed E-state index contributed by atoms with van der Waals surface area (Å²) in [4.78, 5) is 29.9. The standard InChI is InChI=1S/C19H18N2O3S2/c1-4-7-21-12(2)9-14(13(21)3)16(22)10-24-19(23)15-11-26-18(20-15)17-6-5-8-25-17/h4-6,8-9,11H,1,7,10H2,2-3H3. The first-order valence-electron chi connectivity index (χ1n) is 7.98. The molecule has 0 atom stereocenters. The molecule has 134 valence electrons. The Labute approximate surface area is 159 Å². The number of ketones is 1. The van der Waals surface area contributed by atoms with Gasteiger partial charge in [0, 0.05) is 28.9 Å². The second kappa shape index (κ2) is 7.80. The third-order valence-corrected chi connectivity index (χ3v) is 5.85. The number of allylic oxidation sites excluding steroid dienone is 1. The van der Waals surface area contributed by atoms with Crippen molar-refractivity contribution in [2.24, 2.45) is 0 Å². The molecule has 7 heteroatoms. The summed E-state index contributed by atoms with van der Waals surface area (Å²) in [5.74, 6) is -0.812. The minimum Gasteiger partial charge on any atom is -0.453 e. The van der Waals surface area contributed by atoms with Gasteiger partial charge in [0.25, 0.3) is 0 Å². The first-order valence-corrected chi connectivity index (χ1v) is 9.74. The van der Waals surface area contributed by atoms with Gasteiger partial charge in [-0.3, -0.25) is 4.79 Å². The fourth-order valence-corrected chi connectivity index (χ4v) is 4.26. The molecule has 0 N–H and O–H groups in total. The number of nitrogens with zero attached hydrogens (tertiary/aromatic N) is 2. The number of esters is 1. The number of carbonyl (C=O) groups is 2. The number of rotatable bonds is 7. The number of Topliss-reactive ketones (excluding diaryl/α,β-unsaturated/α-hetero) is 1. The number of thiazole rings is 1. The molecule has 0 aliphatic carbocycles. The number of carbonyl (C=O) groups excluding carboxylic acids is 2. The molecule has 0 spiro atoms. The quantitative estimate of drug-likeness (QED) is 0.340. The summed E-state index contributed by atoms with van der Waals surface area (Å²) in [5.41, 5.74) is 2.60. The Morgan fingerprint density at radius 1 is 1.35 bits per heavy atom. The molecule has 0 aliphatic heterocycles. The van der Waals surface area contributed by atoms with Crippen LogP contribution >= 0.6 is 22.7 Å². The van der Waals surface area contributed by atoms with Crippen molar-refractivity contribution in [3.8, 4) is 9.88 Å². The van der Waals surface area contributed by atoms with E-state index in [1.807, 2.05) is 42.0 Å². The lowest BCUT2D eigenvalue weighted by Crippen LogP contribution is -2.15. The zero-order valence-corrected chi connectivity index (χ0v) is 16.2. The zero-order chi connectivity index (χ0) is 18.7. The van der Waals surface area contributed by atoms with Gasteiger partial charge in [-0.15, -0.1) is 29.3 Å². The van der Waals surface area contributed by atoms with Gasteiger partial charge in [0.2, 0.25) is 5.78 Å². The van der Waals surface area contributed by atoms with Crippen LogP contribution in [-0.2, 0) is 11.3 Å². The van der Waals surface area contributed by atoms with Crippen molar-refractivity contribution >= 4 is 34.4 Å². The molecule has 5 nitrogen and oxygen atoms in total. The van der Waals surface area contributed by atoms with Crippen LogP contribution in [0, 0.1) is 13.8 Å². The summed E-state index contributed by atoms with van der Waals surface area (Å²) in [6.45, 7) is 7.86. The summed E-state index contributed by atoms with van der Waals surface area (Å²) < 4.78 is 7.16. The van der Waals surface area contributed by atoms with Gasteiger partial charge in [-0.2, -0.15) is 0 Å². The van der Waals surface area contributed by atoms with Gasteiger partial charge in [-0.1, -0.05) is 12.1 Å². The topological polar surface area (TPSA) is 61.2 Å². The SMILES string of the molecule is C=CCn1c(C)cc(C(=O)COC(=O)c2csc(-c3cccs3)n2)c1C. The van der Waals surface area contributed by atoms with Crippen molar-refractivity contribution in [1.82, 2.24) is 9.55 Å². The lowest BCUT2D eigenvalue weighted by atomic mass is 10.1. The van der Waals surface area contributed by atoms with Crippen LogP contribution in [0.5, 0.6) is 0 Å². The highest BCUT2D eigenvalue weighted by molar-refractivity contribution is 7.20. The number of hydrogen-bond donors (Lipinski definition) is 0. The Balaban J connectivity index is 1.65. The van der Waals surface area contributed by atoms with Crippen LogP contribution in [0.3, 0.4) is 0 Å². The van der Waals surface area contributed by atoms with Gasteiger partial charge in [-0.05, 0) is 31.4 Å². The molecule has 3 aromatic heterocycles. The zero-order valence-electron chi connectivity index (χ0n) is 14.5. The summed E-state index contributed by atoms with van der Waals surface area (Å²) in [6, 6.07) is 5.69. The van der Waals surface area contributed by atoms with E-state index in [1.54, 1.807) is 22.8 Å². The molecule has 0 aromatic carbocycles. The third-order valence-electron chi connectivity index (χ3n) is 3.97. The molecule has 0 bridgehead atoms. The van der Waals surface area contributed by atoms with E-state index in [2.05, 4.69) is 11.6 Å². The lowest BCUT2D eigenvalue weighted by Gasteiger charge is -2.06. The number of aryl methyl sites for hydroxylation is 1. The molecule has 3 heterocycles. The van der Waals surface area contributed by atoms with Crippen molar-refractivity contribution in [3.05, 3.63) is 64.3 Å². The van der Waals surface area contributed by atoms with E-state index in [0.29, 0.717) is 12.1 Å². The van der Waals surface area contributed by atoms with Crippen molar-refractivity contribution in [2.45, 2.75) is 20.4 Å². The fraction of sp³-hybridized carbons (Fsp3) is 0.211. The highest BCUT2D eigenvalue weighted by atomic mass is 32.1. The van der Waals surface area contributed by atoms with Crippen molar-refractivity contribution < 1.29 is 14.3 Å². The van der Waals surface area contributed by atoms with E-state index in [-0.39, 0.29) is 18.1 Å². The normalized spacial score (nSPS) is 10.7. The molecule has 0 unspecified atom stereocenters. The van der Waals surface area contributed by atoms with Crippen LogP contribution in [0.2, 0.25) is 0 Å². The highest BCUT2D eigenvalue weighted by Gasteiger charge is 2.19.